The molecule has 0 amide bonds. The number of carbonyl (C=O) groups excluding carboxylic acids is 3. The molecule has 0 saturated heterocycles. The van der Waals surface area contributed by atoms with E-state index in [1.807, 2.05) is 0 Å². The third-order valence-corrected chi connectivity index (χ3v) is 14.5. The van der Waals surface area contributed by atoms with Crippen molar-refractivity contribution in [2.75, 3.05) is 13.2 Å². The largest absolute Gasteiger partial charge is 0.462 e. The van der Waals surface area contributed by atoms with E-state index in [4.69, 9.17) is 14.2 Å². The molecule has 0 spiro atoms. The Labute approximate surface area is 495 Å². The summed E-state index contributed by atoms with van der Waals surface area (Å²) in [5.74, 6) is -0.888. The van der Waals surface area contributed by atoms with Crippen LogP contribution in [-0.2, 0) is 28.6 Å². The number of hydrogen-bond donors (Lipinski definition) is 0. The van der Waals surface area contributed by atoms with Gasteiger partial charge in [0.05, 0.1) is 0 Å². The van der Waals surface area contributed by atoms with E-state index in [0.29, 0.717) is 19.3 Å². The lowest BCUT2D eigenvalue weighted by Gasteiger charge is -2.18. The van der Waals surface area contributed by atoms with Crippen molar-refractivity contribution >= 4 is 17.9 Å². The lowest BCUT2D eigenvalue weighted by Crippen LogP contribution is -2.30. The van der Waals surface area contributed by atoms with E-state index < -0.39 is 6.10 Å². The normalized spacial score (nSPS) is 12.8. The van der Waals surface area contributed by atoms with Gasteiger partial charge in [0.2, 0.25) is 0 Å². The van der Waals surface area contributed by atoms with Gasteiger partial charge in [0, 0.05) is 19.3 Å². The van der Waals surface area contributed by atoms with Crippen LogP contribution in [0.2, 0.25) is 0 Å². The van der Waals surface area contributed by atoms with E-state index in [0.717, 1.165) is 135 Å². The van der Waals surface area contributed by atoms with Gasteiger partial charge in [-0.25, -0.2) is 0 Å². The second-order valence-corrected chi connectivity index (χ2v) is 22.3. The summed E-state index contributed by atoms with van der Waals surface area (Å²) >= 11 is 0. The lowest BCUT2D eigenvalue weighted by molar-refractivity contribution is -0.167. The summed E-state index contributed by atoms with van der Waals surface area (Å²) in [6, 6.07) is 0. The molecule has 0 aromatic heterocycles. The van der Waals surface area contributed by atoms with Crippen molar-refractivity contribution in [3.8, 4) is 0 Å². The average Bonchev–Trinajstić information content (AvgIpc) is 3.46. The maximum absolute atomic E-state index is 12.9. The maximum Gasteiger partial charge on any atom is 0.306 e. The molecule has 0 saturated carbocycles. The standard InChI is InChI=1S/C74H126O6/c1-4-7-10-13-16-19-22-25-28-30-31-32-33-34-35-36-37-38-39-40-41-42-43-44-47-49-52-55-58-61-64-67-73(76)79-70-71(69-78-72(75)66-63-60-57-54-51-48-45-27-24-21-18-15-12-9-6-3)80-74(77)68-65-62-59-56-53-50-46-29-26-23-20-17-14-11-8-5-2/h7,9-10,12,16,18-19,21,25,27-28,31-32,34-35,37-38,45,71H,4-6,8,11,13-15,17,20,22-24,26,29-30,33,36,39-44,46-70H2,1-3H3/b10-7-,12-9-,19-16-,21-18-,28-25-,32-31-,35-34-,38-37-,45-27-. The van der Waals surface area contributed by atoms with Crippen LogP contribution in [0.1, 0.15) is 323 Å². The third-order valence-electron chi connectivity index (χ3n) is 14.5. The van der Waals surface area contributed by atoms with Gasteiger partial charge in [-0.2, -0.15) is 0 Å². The van der Waals surface area contributed by atoms with Gasteiger partial charge in [0.15, 0.2) is 6.10 Å². The van der Waals surface area contributed by atoms with Gasteiger partial charge >= 0.3 is 17.9 Å². The van der Waals surface area contributed by atoms with Crippen molar-refractivity contribution in [1.82, 2.24) is 0 Å². The van der Waals surface area contributed by atoms with E-state index in [2.05, 4.69) is 130 Å². The predicted octanol–water partition coefficient (Wildman–Crippen LogP) is 23.4. The van der Waals surface area contributed by atoms with Crippen molar-refractivity contribution in [1.29, 1.82) is 0 Å². The fourth-order valence-electron chi connectivity index (χ4n) is 9.52. The molecule has 0 aliphatic heterocycles. The molecule has 0 bridgehead atoms. The van der Waals surface area contributed by atoms with Gasteiger partial charge in [0.1, 0.15) is 13.2 Å². The number of esters is 3. The quantitative estimate of drug-likeness (QED) is 0.0261. The zero-order valence-corrected chi connectivity index (χ0v) is 52.6. The second kappa shape index (κ2) is 67.6. The zero-order chi connectivity index (χ0) is 57.8. The van der Waals surface area contributed by atoms with Crippen molar-refractivity contribution in [3.05, 3.63) is 109 Å². The van der Waals surface area contributed by atoms with Crippen LogP contribution in [0.3, 0.4) is 0 Å². The molecular weight excluding hydrogens is 985 g/mol. The third kappa shape index (κ3) is 64.9. The number of unbranched alkanes of at least 4 members (excludes halogenated alkanes) is 32. The minimum absolute atomic E-state index is 0.0820. The number of carbonyl (C=O) groups is 3. The summed E-state index contributed by atoms with van der Waals surface area (Å²) in [5.41, 5.74) is 0. The zero-order valence-electron chi connectivity index (χ0n) is 52.6. The lowest BCUT2D eigenvalue weighted by atomic mass is 10.0. The van der Waals surface area contributed by atoms with E-state index in [1.54, 1.807) is 0 Å². The molecule has 0 rings (SSSR count). The first-order valence-corrected chi connectivity index (χ1v) is 33.9. The number of allylic oxidation sites excluding steroid dienone is 18. The van der Waals surface area contributed by atoms with E-state index in [1.165, 1.54) is 148 Å². The molecule has 0 aromatic carbocycles. The van der Waals surface area contributed by atoms with Gasteiger partial charge < -0.3 is 14.2 Å². The molecule has 80 heavy (non-hydrogen) atoms. The Morgan fingerprint density at radius 1 is 0.263 bits per heavy atom. The van der Waals surface area contributed by atoms with E-state index in [-0.39, 0.29) is 31.1 Å². The number of ether oxygens (including phenoxy) is 3. The topological polar surface area (TPSA) is 78.9 Å². The number of hydrogen-bond acceptors (Lipinski definition) is 6. The first kappa shape index (κ1) is 76.1. The van der Waals surface area contributed by atoms with Crippen molar-refractivity contribution in [2.45, 2.75) is 329 Å². The Bertz CT molecular complexity index is 1610. The fourth-order valence-corrected chi connectivity index (χ4v) is 9.52. The van der Waals surface area contributed by atoms with Crippen LogP contribution in [0.25, 0.3) is 0 Å². The molecule has 6 heteroatoms. The van der Waals surface area contributed by atoms with Gasteiger partial charge in [-0.3, -0.25) is 14.4 Å². The summed E-state index contributed by atoms with van der Waals surface area (Å²) < 4.78 is 16.9. The van der Waals surface area contributed by atoms with Gasteiger partial charge in [-0.1, -0.05) is 310 Å². The highest BCUT2D eigenvalue weighted by molar-refractivity contribution is 5.71. The second-order valence-electron chi connectivity index (χ2n) is 22.3. The minimum Gasteiger partial charge on any atom is -0.462 e. The Kier molecular flexibility index (Phi) is 64.3. The summed E-state index contributed by atoms with van der Waals surface area (Å²) in [7, 11) is 0. The number of rotatable bonds is 61. The first-order valence-electron chi connectivity index (χ1n) is 33.9. The van der Waals surface area contributed by atoms with Gasteiger partial charge in [0.25, 0.3) is 0 Å². The Balaban J connectivity index is 4.26. The van der Waals surface area contributed by atoms with Crippen molar-refractivity contribution < 1.29 is 28.6 Å². The Morgan fingerprint density at radius 3 is 0.762 bits per heavy atom. The molecule has 0 fully saturated rings. The molecule has 0 radical (unpaired) electrons. The molecule has 1 unspecified atom stereocenters. The molecule has 6 nitrogen and oxygen atoms in total. The highest BCUT2D eigenvalue weighted by Gasteiger charge is 2.19. The van der Waals surface area contributed by atoms with Crippen LogP contribution in [0.15, 0.2) is 109 Å². The molecule has 0 N–H and O–H groups in total. The van der Waals surface area contributed by atoms with Gasteiger partial charge in [-0.15, -0.1) is 0 Å². The van der Waals surface area contributed by atoms with Crippen LogP contribution in [0.4, 0.5) is 0 Å². The summed E-state index contributed by atoms with van der Waals surface area (Å²) in [5, 5.41) is 0. The fraction of sp³-hybridized carbons (Fsp3) is 0.716. The van der Waals surface area contributed by atoms with E-state index in [9.17, 15) is 14.4 Å². The average molecular weight is 1110 g/mol. The minimum atomic E-state index is -0.786. The summed E-state index contributed by atoms with van der Waals surface area (Å²) in [6.45, 7) is 6.43. The van der Waals surface area contributed by atoms with Crippen LogP contribution in [-0.4, -0.2) is 37.2 Å². The van der Waals surface area contributed by atoms with Crippen molar-refractivity contribution in [3.63, 3.8) is 0 Å². The maximum atomic E-state index is 12.9. The highest BCUT2D eigenvalue weighted by Crippen LogP contribution is 2.17. The highest BCUT2D eigenvalue weighted by atomic mass is 16.6. The smallest absolute Gasteiger partial charge is 0.306 e. The summed E-state index contributed by atoms with van der Waals surface area (Å²) in [4.78, 5) is 38.4. The van der Waals surface area contributed by atoms with Gasteiger partial charge in [-0.05, 0) is 103 Å². The Hall–Kier alpha value is -3.93. The molecule has 0 aromatic rings. The van der Waals surface area contributed by atoms with Crippen LogP contribution >= 0.6 is 0 Å². The molecule has 1 atom stereocenters. The summed E-state index contributed by atoms with van der Waals surface area (Å²) in [6.07, 6.45) is 92.5. The molecule has 0 aliphatic carbocycles. The molecule has 0 heterocycles. The first-order chi connectivity index (χ1) is 39.5. The predicted molar refractivity (Wildman–Crippen MR) is 348 cm³/mol. The van der Waals surface area contributed by atoms with Crippen molar-refractivity contribution in [2.24, 2.45) is 0 Å². The molecule has 0 aliphatic rings. The van der Waals surface area contributed by atoms with Crippen LogP contribution in [0, 0.1) is 0 Å². The SMILES string of the molecule is CC/C=C\C/C=C\C/C=C\C/C=C\C/C=C\C/C=C\CCCCCCCCCCCCCCC(=O)OCC(COC(=O)CCCCCCC/C=C\C/C=C\C/C=C\CC)OC(=O)CCCCCCCCCCCCCCCCCC. The van der Waals surface area contributed by atoms with E-state index >= 15 is 0 Å². The van der Waals surface area contributed by atoms with Crippen LogP contribution in [0.5, 0.6) is 0 Å². The molecule has 458 valence electrons. The molecular formula is C74H126O6. The van der Waals surface area contributed by atoms with Crippen LogP contribution < -0.4 is 0 Å². The monoisotopic (exact) mass is 1110 g/mol. The Morgan fingerprint density at radius 2 is 0.487 bits per heavy atom.